The van der Waals surface area contributed by atoms with Gasteiger partial charge in [-0.25, -0.2) is 9.98 Å². The van der Waals surface area contributed by atoms with Gasteiger partial charge < -0.3 is 20.5 Å². The second kappa shape index (κ2) is 13.4. The molecule has 0 aliphatic carbocycles. The van der Waals surface area contributed by atoms with Crippen molar-refractivity contribution in [3.63, 3.8) is 0 Å². The predicted octanol–water partition coefficient (Wildman–Crippen LogP) is 4.17. The topological polar surface area (TPSA) is 85.0 Å². The van der Waals surface area contributed by atoms with E-state index in [1.54, 1.807) is 6.20 Å². The molecule has 1 aliphatic rings. The smallest absolute Gasteiger partial charge is 0.224 e. The van der Waals surface area contributed by atoms with E-state index in [1.807, 2.05) is 36.4 Å². The number of guanidine groups is 1. The number of nitrogens with one attached hydrogen (secondary N) is 1. The number of para-hydroxylation sites is 2. The van der Waals surface area contributed by atoms with Gasteiger partial charge in [-0.05, 0) is 50.6 Å². The number of likely N-dealkylation sites (N-methyl/N-ethyl adjacent to an activating group) is 1. The Morgan fingerprint density at radius 1 is 1.23 bits per heavy atom. The monoisotopic (exact) mass is 539 g/mol. The van der Waals surface area contributed by atoms with Crippen LogP contribution in [0.15, 0.2) is 47.6 Å². The minimum absolute atomic E-state index is 0. The van der Waals surface area contributed by atoms with Crippen LogP contribution in [0.4, 0.5) is 0 Å². The Morgan fingerprint density at radius 2 is 2.03 bits per heavy atom. The van der Waals surface area contributed by atoms with Gasteiger partial charge in [0.1, 0.15) is 0 Å². The van der Waals surface area contributed by atoms with Crippen LogP contribution in [0.2, 0.25) is 0 Å². The Bertz CT molecular complexity index is 833. The molecule has 2 heterocycles. The average Bonchev–Trinajstić information content (AvgIpc) is 3.24. The SMILES string of the molecule is CCCOc1ccccc1Oc1ncccc1CN=C(N)NCC1CCCN1CC.I. The fourth-order valence-electron chi connectivity index (χ4n) is 3.60. The molecule has 1 atom stereocenters. The van der Waals surface area contributed by atoms with Crippen LogP contribution in [0.25, 0.3) is 0 Å². The molecule has 3 rings (SSSR count). The lowest BCUT2D eigenvalue weighted by Crippen LogP contribution is -2.42. The molecule has 1 fully saturated rings. The molecule has 31 heavy (non-hydrogen) atoms. The molecule has 0 saturated carbocycles. The molecule has 0 bridgehead atoms. The third-order valence-corrected chi connectivity index (χ3v) is 5.21. The lowest BCUT2D eigenvalue weighted by atomic mass is 10.2. The normalized spacial score (nSPS) is 16.6. The van der Waals surface area contributed by atoms with Crippen LogP contribution in [0.3, 0.4) is 0 Å². The van der Waals surface area contributed by atoms with E-state index in [2.05, 4.69) is 34.0 Å². The van der Waals surface area contributed by atoms with E-state index in [0.29, 0.717) is 42.5 Å². The summed E-state index contributed by atoms with van der Waals surface area (Å²) in [5.41, 5.74) is 6.97. The molecule has 1 unspecified atom stereocenters. The van der Waals surface area contributed by atoms with Crippen molar-refractivity contribution in [1.29, 1.82) is 0 Å². The van der Waals surface area contributed by atoms with Crippen LogP contribution in [0.1, 0.15) is 38.7 Å². The first-order valence-corrected chi connectivity index (χ1v) is 10.8. The van der Waals surface area contributed by atoms with Gasteiger partial charge in [0.2, 0.25) is 5.88 Å². The van der Waals surface area contributed by atoms with E-state index in [0.717, 1.165) is 25.1 Å². The van der Waals surface area contributed by atoms with Gasteiger partial charge in [-0.2, -0.15) is 0 Å². The van der Waals surface area contributed by atoms with Crippen molar-refractivity contribution < 1.29 is 9.47 Å². The molecule has 7 nitrogen and oxygen atoms in total. The fraction of sp³-hybridized carbons (Fsp3) is 0.478. The number of hydrogen-bond donors (Lipinski definition) is 2. The molecule has 1 saturated heterocycles. The second-order valence-corrected chi connectivity index (χ2v) is 7.37. The fourth-order valence-corrected chi connectivity index (χ4v) is 3.60. The Balaban J connectivity index is 0.00000341. The summed E-state index contributed by atoms with van der Waals surface area (Å²) in [6.45, 7) is 8.36. The van der Waals surface area contributed by atoms with E-state index >= 15 is 0 Å². The summed E-state index contributed by atoms with van der Waals surface area (Å²) in [5, 5.41) is 3.27. The number of nitrogens with zero attached hydrogens (tertiary/aromatic N) is 3. The number of ether oxygens (including phenoxy) is 2. The molecular weight excluding hydrogens is 505 g/mol. The summed E-state index contributed by atoms with van der Waals surface area (Å²) in [5.74, 6) is 2.30. The van der Waals surface area contributed by atoms with Crippen molar-refractivity contribution >= 4 is 29.9 Å². The van der Waals surface area contributed by atoms with Crippen LogP contribution >= 0.6 is 24.0 Å². The summed E-state index contributed by atoms with van der Waals surface area (Å²) < 4.78 is 11.8. The molecular formula is C23H34IN5O2. The van der Waals surface area contributed by atoms with Crippen molar-refractivity contribution in [2.24, 2.45) is 10.7 Å². The standard InChI is InChI=1S/C23H33N5O2.HI/c1-3-15-29-20-11-5-6-12-21(20)30-22-18(9-7-13-25-22)16-26-23(24)27-17-19-10-8-14-28(19)4-2;/h5-7,9,11-13,19H,3-4,8,10,14-17H2,1-2H3,(H3,24,26,27);1H. The van der Waals surface area contributed by atoms with Gasteiger partial charge in [0.05, 0.1) is 13.2 Å². The molecule has 8 heteroatoms. The molecule has 0 radical (unpaired) electrons. The van der Waals surface area contributed by atoms with Crippen molar-refractivity contribution in [3.8, 4) is 17.4 Å². The highest BCUT2D eigenvalue weighted by atomic mass is 127. The third kappa shape index (κ3) is 7.53. The van der Waals surface area contributed by atoms with Gasteiger partial charge in [0.15, 0.2) is 17.5 Å². The molecule has 1 aromatic carbocycles. The molecule has 1 aliphatic heterocycles. The average molecular weight is 539 g/mol. The number of benzene rings is 1. The summed E-state index contributed by atoms with van der Waals surface area (Å²) in [7, 11) is 0. The van der Waals surface area contributed by atoms with E-state index in [-0.39, 0.29) is 24.0 Å². The Labute approximate surface area is 202 Å². The van der Waals surface area contributed by atoms with Crippen molar-refractivity contribution in [2.45, 2.75) is 45.7 Å². The summed E-state index contributed by atoms with van der Waals surface area (Å²) >= 11 is 0. The highest BCUT2D eigenvalue weighted by molar-refractivity contribution is 14.0. The van der Waals surface area contributed by atoms with Crippen LogP contribution in [-0.2, 0) is 6.54 Å². The van der Waals surface area contributed by atoms with Crippen LogP contribution in [0, 0.1) is 0 Å². The lowest BCUT2D eigenvalue weighted by Gasteiger charge is -2.23. The molecule has 170 valence electrons. The molecule has 0 spiro atoms. The largest absolute Gasteiger partial charge is 0.490 e. The number of hydrogen-bond acceptors (Lipinski definition) is 5. The third-order valence-electron chi connectivity index (χ3n) is 5.21. The van der Waals surface area contributed by atoms with Gasteiger partial charge in [-0.3, -0.25) is 4.90 Å². The number of halogens is 1. The van der Waals surface area contributed by atoms with E-state index in [4.69, 9.17) is 15.2 Å². The number of aromatic nitrogens is 1. The highest BCUT2D eigenvalue weighted by Gasteiger charge is 2.22. The Kier molecular flexibility index (Phi) is 10.9. The van der Waals surface area contributed by atoms with E-state index < -0.39 is 0 Å². The zero-order valence-corrected chi connectivity index (χ0v) is 20.7. The summed E-state index contributed by atoms with van der Waals surface area (Å²) in [6.07, 6.45) is 5.09. The van der Waals surface area contributed by atoms with Gasteiger partial charge in [-0.1, -0.05) is 32.0 Å². The number of likely N-dealkylation sites (tertiary alicyclic amines) is 1. The van der Waals surface area contributed by atoms with Gasteiger partial charge >= 0.3 is 0 Å². The first-order valence-electron chi connectivity index (χ1n) is 10.8. The van der Waals surface area contributed by atoms with Crippen LogP contribution < -0.4 is 20.5 Å². The van der Waals surface area contributed by atoms with Crippen LogP contribution in [0.5, 0.6) is 17.4 Å². The van der Waals surface area contributed by atoms with E-state index in [1.165, 1.54) is 19.4 Å². The van der Waals surface area contributed by atoms with Crippen LogP contribution in [-0.4, -0.2) is 48.1 Å². The maximum absolute atomic E-state index is 6.11. The number of nitrogens with two attached hydrogens (primary N) is 1. The summed E-state index contributed by atoms with van der Waals surface area (Å²) in [6, 6.07) is 12.0. The zero-order chi connectivity index (χ0) is 21.2. The first kappa shape index (κ1) is 25.2. The van der Waals surface area contributed by atoms with Crippen molar-refractivity contribution in [3.05, 3.63) is 48.2 Å². The molecule has 3 N–H and O–H groups in total. The maximum atomic E-state index is 6.11. The van der Waals surface area contributed by atoms with Gasteiger partial charge in [0, 0.05) is 24.3 Å². The Hall–Kier alpha value is -2.07. The van der Waals surface area contributed by atoms with Gasteiger partial charge in [-0.15, -0.1) is 24.0 Å². The molecule has 0 amide bonds. The number of pyridine rings is 1. The van der Waals surface area contributed by atoms with Crippen molar-refractivity contribution in [1.82, 2.24) is 15.2 Å². The zero-order valence-electron chi connectivity index (χ0n) is 18.4. The lowest BCUT2D eigenvalue weighted by molar-refractivity contribution is 0.267. The molecule has 2 aromatic rings. The highest BCUT2D eigenvalue weighted by Crippen LogP contribution is 2.32. The van der Waals surface area contributed by atoms with Crippen molar-refractivity contribution in [2.75, 3.05) is 26.2 Å². The second-order valence-electron chi connectivity index (χ2n) is 7.37. The van der Waals surface area contributed by atoms with Gasteiger partial charge in [0.25, 0.3) is 0 Å². The summed E-state index contributed by atoms with van der Waals surface area (Å²) in [4.78, 5) is 11.4. The maximum Gasteiger partial charge on any atom is 0.224 e. The van der Waals surface area contributed by atoms with E-state index in [9.17, 15) is 0 Å². The first-order chi connectivity index (χ1) is 14.7. The Morgan fingerprint density at radius 3 is 2.81 bits per heavy atom. The number of rotatable bonds is 10. The molecule has 1 aromatic heterocycles. The quantitative estimate of drug-likeness (QED) is 0.268. The predicted molar refractivity (Wildman–Crippen MR) is 136 cm³/mol. The minimum atomic E-state index is 0. The minimum Gasteiger partial charge on any atom is -0.490 e. The number of aliphatic imine (C=N–C) groups is 1.